The molecule has 1 nitrogen and oxygen atoms in total. The summed E-state index contributed by atoms with van der Waals surface area (Å²) in [7, 11) is 0. The summed E-state index contributed by atoms with van der Waals surface area (Å²) < 4.78 is 0. The monoisotopic (exact) mass is 197 g/mol. The lowest BCUT2D eigenvalue weighted by Gasteiger charge is -2.35. The fourth-order valence-electron chi connectivity index (χ4n) is 2.46. The first kappa shape index (κ1) is 12.0. The third kappa shape index (κ3) is 3.61. The van der Waals surface area contributed by atoms with Crippen molar-refractivity contribution in [3.8, 4) is 0 Å². The van der Waals surface area contributed by atoms with Crippen molar-refractivity contribution in [1.29, 1.82) is 0 Å². The van der Waals surface area contributed by atoms with E-state index >= 15 is 0 Å². The summed E-state index contributed by atoms with van der Waals surface area (Å²) in [4.78, 5) is 2.68. The summed E-state index contributed by atoms with van der Waals surface area (Å²) in [6.45, 7) is 9.79. The van der Waals surface area contributed by atoms with E-state index in [0.29, 0.717) is 5.54 Å². The number of hydrogen-bond donors (Lipinski definition) is 0. The van der Waals surface area contributed by atoms with E-state index < -0.39 is 0 Å². The number of hydrogen-bond acceptors (Lipinski definition) is 1. The molecule has 0 radical (unpaired) electrons. The molecule has 0 atom stereocenters. The topological polar surface area (TPSA) is 3.24 Å². The minimum absolute atomic E-state index is 0.463. The summed E-state index contributed by atoms with van der Waals surface area (Å²) in [5.41, 5.74) is 0.463. The Labute approximate surface area is 89.9 Å². The molecule has 0 aliphatic carbocycles. The van der Waals surface area contributed by atoms with Crippen LogP contribution in [0.1, 0.15) is 65.7 Å². The fourth-order valence-corrected chi connectivity index (χ4v) is 2.46. The van der Waals surface area contributed by atoms with Crippen LogP contribution in [-0.4, -0.2) is 23.5 Å². The molecule has 84 valence electrons. The highest BCUT2D eigenvalue weighted by molar-refractivity contribution is 4.84. The molecule has 1 heteroatoms. The number of likely N-dealkylation sites (tertiary alicyclic amines) is 1. The van der Waals surface area contributed by atoms with Crippen LogP contribution in [0.15, 0.2) is 0 Å². The lowest BCUT2D eigenvalue weighted by molar-refractivity contribution is 0.140. The zero-order valence-corrected chi connectivity index (χ0v) is 10.3. The van der Waals surface area contributed by atoms with E-state index in [9.17, 15) is 0 Å². The molecule has 0 aromatic heterocycles. The highest BCUT2D eigenvalue weighted by atomic mass is 15.2. The van der Waals surface area contributed by atoms with Crippen molar-refractivity contribution in [2.45, 2.75) is 71.3 Å². The van der Waals surface area contributed by atoms with Gasteiger partial charge in [0.05, 0.1) is 0 Å². The van der Waals surface area contributed by atoms with Gasteiger partial charge in [0.25, 0.3) is 0 Å². The van der Waals surface area contributed by atoms with Gasteiger partial charge in [-0.2, -0.15) is 0 Å². The average Bonchev–Trinajstić information content (AvgIpc) is 2.65. The third-order valence-electron chi connectivity index (χ3n) is 3.60. The number of nitrogens with zero attached hydrogens (tertiary/aromatic N) is 1. The zero-order valence-electron chi connectivity index (χ0n) is 10.3. The summed E-state index contributed by atoms with van der Waals surface area (Å²) in [6.07, 6.45) is 9.81. The summed E-state index contributed by atoms with van der Waals surface area (Å²) >= 11 is 0. The van der Waals surface area contributed by atoms with E-state index in [4.69, 9.17) is 0 Å². The molecule has 0 saturated carbocycles. The Morgan fingerprint density at radius 1 is 1.00 bits per heavy atom. The SMILES string of the molecule is CCCCCCC(C)(C)N1CCCC1. The Morgan fingerprint density at radius 3 is 2.21 bits per heavy atom. The van der Waals surface area contributed by atoms with Crippen LogP contribution in [0.4, 0.5) is 0 Å². The van der Waals surface area contributed by atoms with Gasteiger partial charge in [0.2, 0.25) is 0 Å². The molecule has 14 heavy (non-hydrogen) atoms. The third-order valence-corrected chi connectivity index (χ3v) is 3.60. The maximum absolute atomic E-state index is 2.68. The van der Waals surface area contributed by atoms with E-state index in [1.54, 1.807) is 0 Å². The lowest BCUT2D eigenvalue weighted by Crippen LogP contribution is -2.41. The second-order valence-electron chi connectivity index (χ2n) is 5.32. The molecular formula is C13H27N. The predicted molar refractivity (Wildman–Crippen MR) is 63.6 cm³/mol. The normalized spacial score (nSPS) is 19.1. The minimum atomic E-state index is 0.463. The molecule has 0 amide bonds. The average molecular weight is 197 g/mol. The van der Waals surface area contributed by atoms with Crippen molar-refractivity contribution in [2.75, 3.05) is 13.1 Å². The van der Waals surface area contributed by atoms with Crippen molar-refractivity contribution in [3.63, 3.8) is 0 Å². The molecule has 1 fully saturated rings. The summed E-state index contributed by atoms with van der Waals surface area (Å²) in [5, 5.41) is 0. The smallest absolute Gasteiger partial charge is 0.0153 e. The molecule has 0 spiro atoms. The van der Waals surface area contributed by atoms with Gasteiger partial charge >= 0.3 is 0 Å². The minimum Gasteiger partial charge on any atom is -0.298 e. The molecule has 0 unspecified atom stereocenters. The molecule has 1 aliphatic rings. The quantitative estimate of drug-likeness (QED) is 0.585. The van der Waals surface area contributed by atoms with E-state index in [1.165, 1.54) is 58.0 Å². The zero-order chi connectivity index (χ0) is 10.4. The van der Waals surface area contributed by atoms with Crippen molar-refractivity contribution < 1.29 is 0 Å². The Hall–Kier alpha value is -0.0400. The van der Waals surface area contributed by atoms with Gasteiger partial charge < -0.3 is 0 Å². The molecule has 1 saturated heterocycles. The fraction of sp³-hybridized carbons (Fsp3) is 1.00. The molecule has 1 heterocycles. The highest BCUT2D eigenvalue weighted by Gasteiger charge is 2.27. The van der Waals surface area contributed by atoms with Gasteiger partial charge in [-0.3, -0.25) is 4.90 Å². The van der Waals surface area contributed by atoms with Crippen LogP contribution in [0, 0.1) is 0 Å². The van der Waals surface area contributed by atoms with Crippen molar-refractivity contribution in [1.82, 2.24) is 4.90 Å². The second-order valence-corrected chi connectivity index (χ2v) is 5.32. The van der Waals surface area contributed by atoms with Gasteiger partial charge in [0.15, 0.2) is 0 Å². The van der Waals surface area contributed by atoms with Crippen LogP contribution in [0.5, 0.6) is 0 Å². The van der Waals surface area contributed by atoms with E-state index in [-0.39, 0.29) is 0 Å². The molecule has 1 aliphatic heterocycles. The first-order valence-corrected chi connectivity index (χ1v) is 6.42. The van der Waals surface area contributed by atoms with Crippen molar-refractivity contribution >= 4 is 0 Å². The molecule has 1 rings (SSSR count). The number of rotatable bonds is 6. The Bertz CT molecular complexity index is 145. The van der Waals surface area contributed by atoms with Crippen LogP contribution < -0.4 is 0 Å². The van der Waals surface area contributed by atoms with Crippen LogP contribution in [0.2, 0.25) is 0 Å². The standard InChI is InChI=1S/C13H27N/c1-4-5-6-7-10-13(2,3)14-11-8-9-12-14/h4-12H2,1-3H3. The first-order valence-electron chi connectivity index (χ1n) is 6.42. The van der Waals surface area contributed by atoms with Crippen LogP contribution in [-0.2, 0) is 0 Å². The lowest BCUT2D eigenvalue weighted by atomic mass is 9.94. The Morgan fingerprint density at radius 2 is 1.64 bits per heavy atom. The summed E-state index contributed by atoms with van der Waals surface area (Å²) in [6, 6.07) is 0. The van der Waals surface area contributed by atoms with Crippen molar-refractivity contribution in [3.05, 3.63) is 0 Å². The Kier molecular flexibility index (Phi) is 4.94. The van der Waals surface area contributed by atoms with Crippen LogP contribution in [0.3, 0.4) is 0 Å². The van der Waals surface area contributed by atoms with Crippen LogP contribution in [0.25, 0.3) is 0 Å². The molecule has 0 aromatic carbocycles. The maximum atomic E-state index is 2.68. The van der Waals surface area contributed by atoms with Gasteiger partial charge in [-0.05, 0) is 46.2 Å². The molecule has 0 bridgehead atoms. The largest absolute Gasteiger partial charge is 0.298 e. The highest BCUT2D eigenvalue weighted by Crippen LogP contribution is 2.26. The van der Waals surface area contributed by atoms with Crippen molar-refractivity contribution in [2.24, 2.45) is 0 Å². The number of unbranched alkanes of at least 4 members (excludes halogenated alkanes) is 3. The first-order chi connectivity index (χ1) is 6.67. The maximum Gasteiger partial charge on any atom is 0.0153 e. The van der Waals surface area contributed by atoms with Gasteiger partial charge in [-0.15, -0.1) is 0 Å². The predicted octanol–water partition coefficient (Wildman–Crippen LogP) is 3.83. The van der Waals surface area contributed by atoms with E-state index in [0.717, 1.165) is 0 Å². The second kappa shape index (κ2) is 5.75. The van der Waals surface area contributed by atoms with Gasteiger partial charge in [-0.25, -0.2) is 0 Å². The van der Waals surface area contributed by atoms with Gasteiger partial charge in [0.1, 0.15) is 0 Å². The van der Waals surface area contributed by atoms with E-state index in [1.807, 2.05) is 0 Å². The van der Waals surface area contributed by atoms with Crippen LogP contribution >= 0.6 is 0 Å². The molecule has 0 aromatic rings. The van der Waals surface area contributed by atoms with E-state index in [2.05, 4.69) is 25.7 Å². The summed E-state index contributed by atoms with van der Waals surface area (Å²) in [5.74, 6) is 0. The van der Waals surface area contributed by atoms with Gasteiger partial charge in [0, 0.05) is 5.54 Å². The van der Waals surface area contributed by atoms with Gasteiger partial charge in [-0.1, -0.05) is 32.6 Å². The molecular weight excluding hydrogens is 170 g/mol. The molecule has 0 N–H and O–H groups in total. The Balaban J connectivity index is 2.19.